The average molecular weight is 240 g/mol. The maximum absolute atomic E-state index is 6.02. The molecule has 0 saturated carbocycles. The van der Waals surface area contributed by atoms with Crippen LogP contribution in [0.15, 0.2) is 30.3 Å². The van der Waals surface area contributed by atoms with E-state index < -0.39 is 0 Å². The van der Waals surface area contributed by atoms with Crippen LogP contribution in [0.5, 0.6) is 0 Å². The molecule has 94 valence electrons. The van der Waals surface area contributed by atoms with Gasteiger partial charge in [0.25, 0.3) is 0 Å². The molecule has 2 aromatic carbocycles. The molecule has 0 atom stereocenters. The van der Waals surface area contributed by atoms with Crippen molar-refractivity contribution in [2.75, 3.05) is 11.1 Å². The number of rotatable bonds is 2. The predicted molar refractivity (Wildman–Crippen MR) is 79.5 cm³/mol. The number of nitrogen functional groups attached to an aromatic ring is 1. The van der Waals surface area contributed by atoms with Gasteiger partial charge in [0.1, 0.15) is 0 Å². The Balaban J connectivity index is 2.43. The van der Waals surface area contributed by atoms with Crippen molar-refractivity contribution in [3.8, 4) is 0 Å². The summed E-state index contributed by atoms with van der Waals surface area (Å²) in [5.41, 5.74) is 13.9. The maximum atomic E-state index is 6.02. The van der Waals surface area contributed by atoms with Crippen molar-refractivity contribution in [3.05, 3.63) is 52.6 Å². The van der Waals surface area contributed by atoms with Crippen molar-refractivity contribution < 1.29 is 0 Å². The third-order valence-corrected chi connectivity index (χ3v) is 3.41. The molecule has 0 fully saturated rings. The highest BCUT2D eigenvalue weighted by Crippen LogP contribution is 2.29. The van der Waals surface area contributed by atoms with Crippen LogP contribution in [-0.4, -0.2) is 0 Å². The van der Waals surface area contributed by atoms with Gasteiger partial charge < -0.3 is 11.1 Å². The molecule has 0 unspecified atom stereocenters. The molecule has 2 rings (SSSR count). The first-order chi connectivity index (χ1) is 8.49. The quantitative estimate of drug-likeness (QED) is 0.770. The lowest BCUT2D eigenvalue weighted by Gasteiger charge is -2.16. The largest absolute Gasteiger partial charge is 0.397 e. The zero-order chi connectivity index (χ0) is 13.3. The van der Waals surface area contributed by atoms with Gasteiger partial charge in [0.15, 0.2) is 0 Å². The molecule has 0 heterocycles. The Bertz CT molecular complexity index is 566. The van der Waals surface area contributed by atoms with E-state index in [1.165, 1.54) is 16.7 Å². The molecular formula is C16H20N2. The van der Waals surface area contributed by atoms with Crippen LogP contribution in [0.2, 0.25) is 0 Å². The summed E-state index contributed by atoms with van der Waals surface area (Å²) in [6.45, 7) is 8.44. The van der Waals surface area contributed by atoms with Crippen LogP contribution in [-0.2, 0) is 0 Å². The van der Waals surface area contributed by atoms with Crippen LogP contribution in [0.1, 0.15) is 22.3 Å². The van der Waals surface area contributed by atoms with Crippen molar-refractivity contribution in [1.82, 2.24) is 0 Å². The fourth-order valence-electron chi connectivity index (χ4n) is 2.09. The predicted octanol–water partition coefficient (Wildman–Crippen LogP) is 4.25. The monoisotopic (exact) mass is 240 g/mol. The number of nitrogens with one attached hydrogen (secondary N) is 1. The van der Waals surface area contributed by atoms with Gasteiger partial charge in [-0.2, -0.15) is 0 Å². The number of aryl methyl sites for hydroxylation is 4. The number of benzene rings is 2. The van der Waals surface area contributed by atoms with Gasteiger partial charge in [-0.05, 0) is 62.1 Å². The van der Waals surface area contributed by atoms with E-state index in [4.69, 9.17) is 5.73 Å². The van der Waals surface area contributed by atoms with Gasteiger partial charge >= 0.3 is 0 Å². The first-order valence-electron chi connectivity index (χ1n) is 6.19. The van der Waals surface area contributed by atoms with Gasteiger partial charge in [-0.25, -0.2) is 0 Å². The lowest BCUT2D eigenvalue weighted by atomic mass is 10.0. The molecule has 0 radical (unpaired) electrons. The second-order valence-electron chi connectivity index (χ2n) is 4.92. The topological polar surface area (TPSA) is 38.0 Å². The molecule has 2 aromatic rings. The number of hydrogen-bond acceptors (Lipinski definition) is 2. The second-order valence-corrected chi connectivity index (χ2v) is 4.92. The minimum Gasteiger partial charge on any atom is -0.397 e. The van der Waals surface area contributed by atoms with E-state index in [-0.39, 0.29) is 0 Å². The molecule has 3 N–H and O–H groups in total. The third kappa shape index (κ3) is 2.33. The Kier molecular flexibility index (Phi) is 3.28. The molecule has 2 nitrogen and oxygen atoms in total. The van der Waals surface area contributed by atoms with Crippen LogP contribution in [0.25, 0.3) is 0 Å². The molecule has 0 aliphatic heterocycles. The summed E-state index contributed by atoms with van der Waals surface area (Å²) < 4.78 is 0. The van der Waals surface area contributed by atoms with E-state index in [0.717, 1.165) is 22.6 Å². The molecule has 0 aliphatic rings. The summed E-state index contributed by atoms with van der Waals surface area (Å²) in [5, 5.41) is 3.45. The zero-order valence-corrected chi connectivity index (χ0v) is 11.5. The van der Waals surface area contributed by atoms with Crippen molar-refractivity contribution in [2.45, 2.75) is 27.7 Å². The van der Waals surface area contributed by atoms with Gasteiger partial charge in [0, 0.05) is 5.69 Å². The molecular weight excluding hydrogens is 220 g/mol. The fraction of sp³-hybridized carbons (Fsp3) is 0.250. The molecule has 0 bridgehead atoms. The van der Waals surface area contributed by atoms with Gasteiger partial charge in [-0.15, -0.1) is 0 Å². The van der Waals surface area contributed by atoms with Crippen LogP contribution in [0.4, 0.5) is 17.1 Å². The Morgan fingerprint density at radius 3 is 2.17 bits per heavy atom. The van der Waals surface area contributed by atoms with Crippen LogP contribution in [0, 0.1) is 27.7 Å². The lowest BCUT2D eigenvalue weighted by Crippen LogP contribution is -2.00. The maximum Gasteiger partial charge on any atom is 0.0647 e. The minimum absolute atomic E-state index is 0.785. The van der Waals surface area contributed by atoms with Crippen LogP contribution in [0.3, 0.4) is 0 Å². The molecule has 0 spiro atoms. The summed E-state index contributed by atoms with van der Waals surface area (Å²) in [4.78, 5) is 0. The Hall–Kier alpha value is -1.96. The summed E-state index contributed by atoms with van der Waals surface area (Å²) in [6.07, 6.45) is 0. The van der Waals surface area contributed by atoms with Gasteiger partial charge in [-0.3, -0.25) is 0 Å². The van der Waals surface area contributed by atoms with Gasteiger partial charge in [0.05, 0.1) is 11.4 Å². The average Bonchev–Trinajstić information content (AvgIpc) is 2.30. The summed E-state index contributed by atoms with van der Waals surface area (Å²) in [7, 11) is 0. The first-order valence-corrected chi connectivity index (χ1v) is 6.19. The molecule has 2 heteroatoms. The van der Waals surface area contributed by atoms with Crippen molar-refractivity contribution in [3.63, 3.8) is 0 Å². The van der Waals surface area contributed by atoms with Crippen molar-refractivity contribution in [2.24, 2.45) is 0 Å². The van der Waals surface area contributed by atoms with Crippen LogP contribution < -0.4 is 11.1 Å². The first kappa shape index (κ1) is 12.5. The van der Waals surface area contributed by atoms with E-state index in [9.17, 15) is 0 Å². The summed E-state index contributed by atoms with van der Waals surface area (Å²) >= 11 is 0. The Morgan fingerprint density at radius 1 is 0.833 bits per heavy atom. The van der Waals surface area contributed by atoms with E-state index in [0.29, 0.717) is 0 Å². The fourth-order valence-corrected chi connectivity index (χ4v) is 2.09. The van der Waals surface area contributed by atoms with Crippen molar-refractivity contribution in [1.29, 1.82) is 0 Å². The number of nitrogens with two attached hydrogens (primary N) is 1. The summed E-state index contributed by atoms with van der Waals surface area (Å²) in [6, 6.07) is 10.3. The number of anilines is 3. The zero-order valence-electron chi connectivity index (χ0n) is 11.5. The Morgan fingerprint density at radius 2 is 1.50 bits per heavy atom. The number of hydrogen-bond donors (Lipinski definition) is 2. The minimum atomic E-state index is 0.785. The molecule has 0 saturated heterocycles. The molecule has 0 aliphatic carbocycles. The van der Waals surface area contributed by atoms with E-state index in [2.05, 4.69) is 51.2 Å². The van der Waals surface area contributed by atoms with Crippen molar-refractivity contribution >= 4 is 17.1 Å². The standard InChI is InChI=1S/C16H20N2/c1-10-6-5-7-14(17)16(10)18-15-9-12(3)11(2)8-13(15)4/h5-9,18H,17H2,1-4H3. The summed E-state index contributed by atoms with van der Waals surface area (Å²) in [5.74, 6) is 0. The lowest BCUT2D eigenvalue weighted by molar-refractivity contribution is 1.29. The highest BCUT2D eigenvalue weighted by Gasteiger charge is 2.06. The van der Waals surface area contributed by atoms with E-state index >= 15 is 0 Å². The normalized spacial score (nSPS) is 10.4. The second kappa shape index (κ2) is 4.73. The molecule has 18 heavy (non-hydrogen) atoms. The molecule has 0 aromatic heterocycles. The van der Waals surface area contributed by atoms with E-state index in [1.807, 2.05) is 12.1 Å². The SMILES string of the molecule is Cc1cc(C)c(Nc2c(C)cccc2N)cc1C. The smallest absolute Gasteiger partial charge is 0.0647 e. The van der Waals surface area contributed by atoms with E-state index in [1.54, 1.807) is 0 Å². The van der Waals surface area contributed by atoms with Gasteiger partial charge in [0.2, 0.25) is 0 Å². The number of para-hydroxylation sites is 1. The van der Waals surface area contributed by atoms with Gasteiger partial charge in [-0.1, -0.05) is 18.2 Å². The Labute approximate surface area is 109 Å². The molecule has 0 amide bonds. The third-order valence-electron chi connectivity index (χ3n) is 3.41. The highest BCUT2D eigenvalue weighted by atomic mass is 14.9. The van der Waals surface area contributed by atoms with Crippen LogP contribution >= 0.6 is 0 Å². The highest BCUT2D eigenvalue weighted by molar-refractivity contribution is 5.77.